The summed E-state index contributed by atoms with van der Waals surface area (Å²) in [7, 11) is 0. The summed E-state index contributed by atoms with van der Waals surface area (Å²) in [5.74, 6) is 0.0225. The molecule has 1 aromatic carbocycles. The van der Waals surface area contributed by atoms with Crippen LogP contribution in [0.5, 0.6) is 0 Å². The molecular formula is C15H23Cl2N3O. The van der Waals surface area contributed by atoms with Crippen LogP contribution in [0.15, 0.2) is 24.3 Å². The van der Waals surface area contributed by atoms with Gasteiger partial charge in [-0.2, -0.15) is 0 Å². The Morgan fingerprint density at radius 3 is 2.71 bits per heavy atom. The molecule has 0 saturated heterocycles. The van der Waals surface area contributed by atoms with E-state index in [4.69, 9.17) is 5.73 Å². The number of benzene rings is 1. The average molecular weight is 332 g/mol. The molecule has 4 nitrogen and oxygen atoms in total. The molecule has 21 heavy (non-hydrogen) atoms. The fourth-order valence-corrected chi connectivity index (χ4v) is 2.65. The van der Waals surface area contributed by atoms with Gasteiger partial charge in [-0.1, -0.05) is 18.2 Å². The predicted octanol–water partition coefficient (Wildman–Crippen LogP) is 1.89. The van der Waals surface area contributed by atoms with Gasteiger partial charge in [0.15, 0.2) is 0 Å². The largest absolute Gasteiger partial charge is 0.371 e. The molecule has 118 valence electrons. The molecule has 2 aliphatic rings. The molecule has 3 N–H and O–H groups in total. The van der Waals surface area contributed by atoms with E-state index in [0.29, 0.717) is 0 Å². The lowest BCUT2D eigenvalue weighted by atomic mass is 10.2. The van der Waals surface area contributed by atoms with Crippen molar-refractivity contribution in [3.63, 3.8) is 0 Å². The molecule has 0 aromatic heterocycles. The maximum absolute atomic E-state index is 11.7. The summed E-state index contributed by atoms with van der Waals surface area (Å²) >= 11 is 0. The third kappa shape index (κ3) is 4.02. The number of nitrogens with one attached hydrogen (secondary N) is 1. The first-order valence-electron chi connectivity index (χ1n) is 7.09. The molecule has 3 rings (SSSR count). The number of carbonyl (C=O) groups is 1. The Kier molecular flexibility index (Phi) is 6.32. The second-order valence-electron chi connectivity index (χ2n) is 5.63. The quantitative estimate of drug-likeness (QED) is 0.810. The molecule has 1 aliphatic carbocycles. The average Bonchev–Trinajstić information content (AvgIpc) is 3.05. The van der Waals surface area contributed by atoms with Gasteiger partial charge in [-0.15, -0.1) is 24.8 Å². The van der Waals surface area contributed by atoms with Crippen molar-refractivity contribution in [2.45, 2.75) is 31.2 Å². The highest BCUT2D eigenvalue weighted by Crippen LogP contribution is 2.32. The van der Waals surface area contributed by atoms with Crippen LogP contribution in [0.3, 0.4) is 0 Å². The molecule has 0 spiro atoms. The molecule has 1 heterocycles. The van der Waals surface area contributed by atoms with Crippen LogP contribution in [0.4, 0.5) is 5.69 Å². The van der Waals surface area contributed by atoms with E-state index in [1.807, 2.05) is 0 Å². The van der Waals surface area contributed by atoms with Gasteiger partial charge in [-0.3, -0.25) is 4.79 Å². The minimum Gasteiger partial charge on any atom is -0.371 e. The standard InChI is InChI=1S/C15H21N3O.2ClH/c16-15(7-8-15)14(19)17-9-3-10-18-11-6-12-4-1-2-5-13(12)18;;/h1-2,4-5H,3,6-11,16H2,(H,17,19);2*1H. The summed E-state index contributed by atoms with van der Waals surface area (Å²) in [6.45, 7) is 2.80. The van der Waals surface area contributed by atoms with Crippen molar-refractivity contribution in [1.82, 2.24) is 5.32 Å². The monoisotopic (exact) mass is 331 g/mol. The van der Waals surface area contributed by atoms with E-state index < -0.39 is 5.54 Å². The van der Waals surface area contributed by atoms with Crippen molar-refractivity contribution in [2.24, 2.45) is 5.73 Å². The SMILES string of the molecule is Cl.Cl.NC1(C(=O)NCCCN2CCc3ccccc32)CC1. The molecule has 0 unspecified atom stereocenters. The number of halogens is 2. The Balaban J connectivity index is 0.00000110. The van der Waals surface area contributed by atoms with Gasteiger partial charge in [0.05, 0.1) is 5.54 Å². The van der Waals surface area contributed by atoms with Gasteiger partial charge in [-0.05, 0) is 37.3 Å². The second kappa shape index (κ2) is 7.34. The zero-order chi connectivity index (χ0) is 13.3. The number of carbonyl (C=O) groups excluding carboxylic acids is 1. The van der Waals surface area contributed by atoms with Crippen molar-refractivity contribution < 1.29 is 4.79 Å². The van der Waals surface area contributed by atoms with Gasteiger partial charge in [-0.25, -0.2) is 0 Å². The molecule has 1 aliphatic heterocycles. The molecule has 0 bridgehead atoms. The zero-order valence-electron chi connectivity index (χ0n) is 12.0. The van der Waals surface area contributed by atoms with Gasteiger partial charge >= 0.3 is 0 Å². The molecule has 0 atom stereocenters. The van der Waals surface area contributed by atoms with Crippen LogP contribution >= 0.6 is 24.8 Å². The third-order valence-electron chi connectivity index (χ3n) is 4.11. The highest BCUT2D eigenvalue weighted by molar-refractivity contribution is 5.88. The van der Waals surface area contributed by atoms with Gasteiger partial charge in [0.25, 0.3) is 0 Å². The second-order valence-corrected chi connectivity index (χ2v) is 5.63. The minimum absolute atomic E-state index is 0. The lowest BCUT2D eigenvalue weighted by Crippen LogP contribution is -2.43. The number of para-hydroxylation sites is 1. The van der Waals surface area contributed by atoms with Crippen molar-refractivity contribution in [2.75, 3.05) is 24.5 Å². The fraction of sp³-hybridized carbons (Fsp3) is 0.533. The Morgan fingerprint density at radius 2 is 2.00 bits per heavy atom. The van der Waals surface area contributed by atoms with Crippen molar-refractivity contribution >= 4 is 36.4 Å². The smallest absolute Gasteiger partial charge is 0.240 e. The van der Waals surface area contributed by atoms with Gasteiger partial charge in [0.2, 0.25) is 5.91 Å². The van der Waals surface area contributed by atoms with Crippen molar-refractivity contribution in [3.05, 3.63) is 29.8 Å². The van der Waals surface area contributed by atoms with Crippen molar-refractivity contribution in [3.8, 4) is 0 Å². The normalized spacial score (nSPS) is 17.3. The van der Waals surface area contributed by atoms with E-state index in [0.717, 1.165) is 45.3 Å². The van der Waals surface area contributed by atoms with E-state index in [1.54, 1.807) is 0 Å². The highest BCUT2D eigenvalue weighted by atomic mass is 35.5. The molecule has 1 saturated carbocycles. The van der Waals surface area contributed by atoms with Gasteiger partial charge in [0.1, 0.15) is 0 Å². The number of hydrogen-bond acceptors (Lipinski definition) is 3. The molecule has 1 amide bonds. The maximum atomic E-state index is 11.7. The molecule has 1 fully saturated rings. The van der Waals surface area contributed by atoms with Crippen LogP contribution in [0.2, 0.25) is 0 Å². The number of hydrogen-bond donors (Lipinski definition) is 2. The fourth-order valence-electron chi connectivity index (χ4n) is 2.65. The number of nitrogens with two attached hydrogens (primary N) is 1. The molecule has 1 aromatic rings. The Morgan fingerprint density at radius 1 is 1.29 bits per heavy atom. The first-order valence-corrected chi connectivity index (χ1v) is 7.09. The molecule has 6 heteroatoms. The zero-order valence-corrected chi connectivity index (χ0v) is 13.6. The topological polar surface area (TPSA) is 58.4 Å². The van der Waals surface area contributed by atoms with Crippen LogP contribution in [0, 0.1) is 0 Å². The van der Waals surface area contributed by atoms with E-state index in [9.17, 15) is 4.79 Å². The highest BCUT2D eigenvalue weighted by Gasteiger charge is 2.45. The van der Waals surface area contributed by atoms with Crippen LogP contribution in [0.1, 0.15) is 24.8 Å². The summed E-state index contributed by atoms with van der Waals surface area (Å²) < 4.78 is 0. The van der Waals surface area contributed by atoms with Gasteiger partial charge in [0, 0.05) is 25.3 Å². The number of nitrogens with zero attached hydrogens (tertiary/aromatic N) is 1. The number of rotatable bonds is 5. The molecular weight excluding hydrogens is 309 g/mol. The van der Waals surface area contributed by atoms with E-state index in [1.165, 1.54) is 11.3 Å². The third-order valence-corrected chi connectivity index (χ3v) is 4.11. The van der Waals surface area contributed by atoms with Crippen LogP contribution in [0.25, 0.3) is 0 Å². The first kappa shape index (κ1) is 18.1. The van der Waals surface area contributed by atoms with Crippen LogP contribution in [-0.2, 0) is 11.2 Å². The molecule has 0 radical (unpaired) electrons. The number of amides is 1. The predicted molar refractivity (Wildman–Crippen MR) is 90.6 cm³/mol. The van der Waals surface area contributed by atoms with E-state index >= 15 is 0 Å². The summed E-state index contributed by atoms with van der Waals surface area (Å²) in [5.41, 5.74) is 8.08. The number of anilines is 1. The van der Waals surface area contributed by atoms with E-state index in [-0.39, 0.29) is 30.7 Å². The van der Waals surface area contributed by atoms with Crippen LogP contribution < -0.4 is 16.0 Å². The lowest BCUT2D eigenvalue weighted by Gasteiger charge is -2.19. The minimum atomic E-state index is -0.541. The van der Waals surface area contributed by atoms with Crippen molar-refractivity contribution in [1.29, 1.82) is 0 Å². The Bertz CT molecular complexity index is 492. The summed E-state index contributed by atoms with van der Waals surface area (Å²) in [6, 6.07) is 8.56. The lowest BCUT2D eigenvalue weighted by molar-refractivity contribution is -0.123. The maximum Gasteiger partial charge on any atom is 0.240 e. The number of fused-ring (bicyclic) bond motifs is 1. The first-order chi connectivity index (χ1) is 9.19. The summed E-state index contributed by atoms with van der Waals surface area (Å²) in [6.07, 6.45) is 3.77. The van der Waals surface area contributed by atoms with Crippen LogP contribution in [-0.4, -0.2) is 31.1 Å². The van der Waals surface area contributed by atoms with E-state index in [2.05, 4.69) is 34.5 Å². The Labute approximate surface area is 138 Å². The Hall–Kier alpha value is -0.970. The van der Waals surface area contributed by atoms with Gasteiger partial charge < -0.3 is 16.0 Å². The summed E-state index contributed by atoms with van der Waals surface area (Å²) in [5, 5.41) is 2.94. The summed E-state index contributed by atoms with van der Waals surface area (Å²) in [4.78, 5) is 14.1.